The van der Waals surface area contributed by atoms with Gasteiger partial charge in [-0.3, -0.25) is 4.79 Å². The summed E-state index contributed by atoms with van der Waals surface area (Å²) in [4.78, 5) is 11.3. The van der Waals surface area contributed by atoms with Crippen LogP contribution in [0.1, 0.15) is 78.1 Å². The van der Waals surface area contributed by atoms with Crippen molar-refractivity contribution in [3.05, 3.63) is 36.5 Å². The molecular weight excluding hydrogens is 300 g/mol. The first-order valence-corrected chi connectivity index (χ1v) is 9.45. The highest BCUT2D eigenvalue weighted by Gasteiger charge is 2.03. The van der Waals surface area contributed by atoms with Gasteiger partial charge in [-0.25, -0.2) is 0 Å². The molecule has 0 saturated carbocycles. The smallest absolute Gasteiger partial charge is 0.305 e. The molecule has 0 aromatic carbocycles. The molecule has 0 aliphatic rings. The molecule has 0 heterocycles. The Hall–Kier alpha value is -1.35. The van der Waals surface area contributed by atoms with E-state index in [4.69, 9.17) is 9.84 Å². The van der Waals surface area contributed by atoms with Crippen molar-refractivity contribution in [3.63, 3.8) is 0 Å². The molecule has 0 aliphatic carbocycles. The van der Waals surface area contributed by atoms with Crippen molar-refractivity contribution in [2.75, 3.05) is 6.61 Å². The first kappa shape index (κ1) is 22.6. The Balaban J connectivity index is 3.40. The van der Waals surface area contributed by atoms with Gasteiger partial charge in [0, 0.05) is 6.42 Å². The van der Waals surface area contributed by atoms with E-state index < -0.39 is 6.10 Å². The van der Waals surface area contributed by atoms with Crippen molar-refractivity contribution in [2.45, 2.75) is 84.2 Å². The fourth-order valence-electron chi connectivity index (χ4n) is 2.11. The zero-order chi connectivity index (χ0) is 17.9. The Morgan fingerprint density at radius 1 is 0.917 bits per heavy atom. The van der Waals surface area contributed by atoms with E-state index >= 15 is 0 Å². The summed E-state index contributed by atoms with van der Waals surface area (Å²) in [5.74, 6) is -0.217. The Labute approximate surface area is 148 Å². The fourth-order valence-corrected chi connectivity index (χ4v) is 2.11. The zero-order valence-corrected chi connectivity index (χ0v) is 15.6. The fraction of sp³-hybridized carbons (Fsp3) is 0.667. The van der Waals surface area contributed by atoms with Gasteiger partial charge >= 0.3 is 5.97 Å². The average Bonchev–Trinajstić information content (AvgIpc) is 2.56. The highest BCUT2D eigenvalue weighted by Crippen LogP contribution is 2.04. The van der Waals surface area contributed by atoms with Crippen molar-refractivity contribution in [2.24, 2.45) is 0 Å². The van der Waals surface area contributed by atoms with Gasteiger partial charge in [-0.15, -0.1) is 0 Å². The maximum Gasteiger partial charge on any atom is 0.305 e. The van der Waals surface area contributed by atoms with Gasteiger partial charge in [-0.2, -0.15) is 0 Å². The lowest BCUT2D eigenvalue weighted by atomic mass is 10.1. The number of rotatable bonds is 15. The minimum atomic E-state index is -0.582. The number of esters is 1. The molecule has 0 spiro atoms. The van der Waals surface area contributed by atoms with Crippen LogP contribution in [-0.2, 0) is 9.53 Å². The average molecular weight is 337 g/mol. The van der Waals surface area contributed by atoms with Gasteiger partial charge in [0.25, 0.3) is 0 Å². The number of hydrogen-bond acceptors (Lipinski definition) is 3. The summed E-state index contributed by atoms with van der Waals surface area (Å²) < 4.78 is 4.90. The molecule has 0 bridgehead atoms. The van der Waals surface area contributed by atoms with E-state index in [0.717, 1.165) is 32.1 Å². The minimum Gasteiger partial charge on any atom is -0.463 e. The number of unbranched alkanes of at least 4 members (excludes halogenated alkanes) is 5. The second kappa shape index (κ2) is 18.0. The second-order valence-electron chi connectivity index (χ2n) is 6.16. The van der Waals surface area contributed by atoms with E-state index in [1.807, 2.05) is 0 Å². The molecule has 0 fully saturated rings. The van der Waals surface area contributed by atoms with Crippen molar-refractivity contribution < 1.29 is 14.6 Å². The van der Waals surface area contributed by atoms with Crippen LogP contribution in [-0.4, -0.2) is 23.8 Å². The number of ether oxygens (including phenoxy) is 1. The van der Waals surface area contributed by atoms with Crippen LogP contribution in [0.15, 0.2) is 36.5 Å². The van der Waals surface area contributed by atoms with Gasteiger partial charge in [0.05, 0.1) is 6.10 Å². The topological polar surface area (TPSA) is 46.5 Å². The maximum atomic E-state index is 11.3. The first-order chi connectivity index (χ1) is 11.7. The van der Waals surface area contributed by atoms with Crippen molar-refractivity contribution in [1.82, 2.24) is 0 Å². The molecule has 0 rings (SSSR count). The van der Waals surface area contributed by atoms with Gasteiger partial charge in [0.1, 0.15) is 6.61 Å². The lowest BCUT2D eigenvalue weighted by Crippen LogP contribution is -2.14. The van der Waals surface area contributed by atoms with Crippen LogP contribution in [0, 0.1) is 0 Å². The molecule has 3 nitrogen and oxygen atoms in total. The molecule has 0 amide bonds. The summed E-state index contributed by atoms with van der Waals surface area (Å²) in [7, 11) is 0. The van der Waals surface area contributed by atoms with Crippen LogP contribution in [0.2, 0.25) is 0 Å². The summed E-state index contributed by atoms with van der Waals surface area (Å²) in [6.45, 7) is 3.93. The molecule has 24 heavy (non-hydrogen) atoms. The van der Waals surface area contributed by atoms with E-state index in [-0.39, 0.29) is 12.6 Å². The van der Waals surface area contributed by atoms with E-state index in [9.17, 15) is 4.79 Å². The van der Waals surface area contributed by atoms with Gasteiger partial charge in [0.2, 0.25) is 0 Å². The Kier molecular flexibility index (Phi) is 17.0. The standard InChI is InChI=1S/C21H36O3/c1-3-4-5-6-7-8-9-10-11-12-13-14-15-16-17-18-21(23)24-19-20(2)22/h7-8,10-11,13-14,20,22H,3-6,9,12,15-19H2,1-2H3/b8-7-,11-10-,14-13-/t20-/m0/s1. The number of carbonyl (C=O) groups is 1. The number of hydrogen-bond donors (Lipinski definition) is 1. The maximum absolute atomic E-state index is 11.3. The number of aliphatic hydroxyl groups excluding tert-OH is 1. The largest absolute Gasteiger partial charge is 0.463 e. The van der Waals surface area contributed by atoms with Gasteiger partial charge < -0.3 is 9.84 Å². The quantitative estimate of drug-likeness (QED) is 0.244. The molecular formula is C21H36O3. The van der Waals surface area contributed by atoms with Crippen LogP contribution in [0.25, 0.3) is 0 Å². The molecule has 1 atom stereocenters. The van der Waals surface area contributed by atoms with Crippen LogP contribution in [0.3, 0.4) is 0 Å². The summed E-state index contributed by atoms with van der Waals surface area (Å²) in [6, 6.07) is 0. The molecule has 0 saturated heterocycles. The van der Waals surface area contributed by atoms with Crippen LogP contribution >= 0.6 is 0 Å². The van der Waals surface area contributed by atoms with Crippen molar-refractivity contribution in [3.8, 4) is 0 Å². The lowest BCUT2D eigenvalue weighted by molar-refractivity contribution is -0.146. The lowest BCUT2D eigenvalue weighted by Gasteiger charge is -2.05. The highest BCUT2D eigenvalue weighted by atomic mass is 16.5. The predicted octanol–water partition coefficient (Wildman–Crippen LogP) is 5.50. The van der Waals surface area contributed by atoms with E-state index in [0.29, 0.717) is 6.42 Å². The third kappa shape index (κ3) is 18.7. The molecule has 1 N–H and O–H groups in total. The molecule has 3 heteroatoms. The Morgan fingerprint density at radius 3 is 2.00 bits per heavy atom. The molecule has 0 aliphatic heterocycles. The van der Waals surface area contributed by atoms with Crippen LogP contribution < -0.4 is 0 Å². The predicted molar refractivity (Wildman–Crippen MR) is 102 cm³/mol. The molecule has 0 aromatic rings. The van der Waals surface area contributed by atoms with Gasteiger partial charge in [-0.1, -0.05) is 56.2 Å². The van der Waals surface area contributed by atoms with E-state index in [2.05, 4.69) is 43.4 Å². The summed E-state index contributed by atoms with van der Waals surface area (Å²) in [6.07, 6.45) is 23.1. The SMILES string of the molecule is CCCCC/C=C\C/C=C\C/C=C\CCCCC(=O)OC[C@H](C)O. The molecule has 138 valence electrons. The van der Waals surface area contributed by atoms with Crippen LogP contribution in [0.5, 0.6) is 0 Å². The summed E-state index contributed by atoms with van der Waals surface area (Å²) in [5.41, 5.74) is 0. The third-order valence-corrected chi connectivity index (χ3v) is 3.51. The first-order valence-electron chi connectivity index (χ1n) is 9.45. The van der Waals surface area contributed by atoms with Gasteiger partial charge in [0.15, 0.2) is 0 Å². The summed E-state index contributed by atoms with van der Waals surface area (Å²) >= 11 is 0. The molecule has 0 aromatic heterocycles. The normalized spacial score (nSPS) is 13.3. The third-order valence-electron chi connectivity index (χ3n) is 3.51. The van der Waals surface area contributed by atoms with Crippen LogP contribution in [0.4, 0.5) is 0 Å². The highest BCUT2D eigenvalue weighted by molar-refractivity contribution is 5.69. The summed E-state index contributed by atoms with van der Waals surface area (Å²) in [5, 5.41) is 9.01. The molecule has 0 radical (unpaired) electrons. The van der Waals surface area contributed by atoms with Crippen molar-refractivity contribution in [1.29, 1.82) is 0 Å². The monoisotopic (exact) mass is 336 g/mol. The van der Waals surface area contributed by atoms with Crippen molar-refractivity contribution >= 4 is 5.97 Å². The van der Waals surface area contributed by atoms with E-state index in [1.165, 1.54) is 25.7 Å². The number of aliphatic hydroxyl groups is 1. The second-order valence-corrected chi connectivity index (χ2v) is 6.16. The molecule has 0 unspecified atom stereocenters. The number of allylic oxidation sites excluding steroid dienone is 6. The number of carbonyl (C=O) groups excluding carboxylic acids is 1. The Bertz CT molecular complexity index is 367. The van der Waals surface area contributed by atoms with E-state index in [1.54, 1.807) is 6.92 Å². The Morgan fingerprint density at radius 2 is 1.46 bits per heavy atom. The minimum absolute atomic E-state index is 0.0962. The zero-order valence-electron chi connectivity index (χ0n) is 15.6. The van der Waals surface area contributed by atoms with Gasteiger partial charge in [-0.05, 0) is 51.9 Å².